The molecule has 0 aliphatic carbocycles. The Morgan fingerprint density at radius 2 is 2.32 bits per heavy atom. The second kappa shape index (κ2) is 4.98. The topological polar surface area (TPSA) is 54.5 Å². The van der Waals surface area contributed by atoms with Gasteiger partial charge in [-0.25, -0.2) is 0 Å². The van der Waals surface area contributed by atoms with E-state index in [0.717, 1.165) is 44.0 Å². The number of hydrogen-bond acceptors (Lipinski definition) is 4. The van der Waals surface area contributed by atoms with Gasteiger partial charge in [0.05, 0.1) is 24.7 Å². The molecule has 0 N–H and O–H groups in total. The fourth-order valence-electron chi connectivity index (χ4n) is 3.74. The summed E-state index contributed by atoms with van der Waals surface area (Å²) in [6.45, 7) is 3.60. The lowest BCUT2D eigenvalue weighted by atomic mass is 9.86. The third kappa shape index (κ3) is 2.33. The molecule has 2 aromatic rings. The van der Waals surface area contributed by atoms with E-state index in [1.165, 1.54) is 0 Å². The maximum absolute atomic E-state index is 12.4. The molecule has 0 aromatic carbocycles. The number of aromatic nitrogens is 2. The van der Waals surface area contributed by atoms with E-state index in [1.807, 2.05) is 30.3 Å². The summed E-state index contributed by atoms with van der Waals surface area (Å²) in [5.74, 6) is 1.21. The summed E-state index contributed by atoms with van der Waals surface area (Å²) in [7, 11) is 1.88. The van der Waals surface area contributed by atoms with Gasteiger partial charge >= 0.3 is 0 Å². The van der Waals surface area contributed by atoms with Gasteiger partial charge in [0.15, 0.2) is 0 Å². The van der Waals surface area contributed by atoms with Crippen LogP contribution in [0.5, 0.6) is 0 Å². The minimum absolute atomic E-state index is 0.0829. The fraction of sp³-hybridized carbons (Fsp3) is 0.500. The molecule has 4 rings (SSSR count). The molecule has 2 aliphatic rings. The Morgan fingerprint density at radius 1 is 1.41 bits per heavy atom. The molecule has 6 nitrogen and oxygen atoms in total. The summed E-state index contributed by atoms with van der Waals surface area (Å²) < 4.78 is 7.17. The molecule has 1 amide bonds. The number of amides is 1. The lowest BCUT2D eigenvalue weighted by Gasteiger charge is -2.23. The third-order valence-corrected chi connectivity index (χ3v) is 4.80. The van der Waals surface area contributed by atoms with Crippen LogP contribution in [0.25, 0.3) is 0 Å². The van der Waals surface area contributed by atoms with E-state index in [-0.39, 0.29) is 11.3 Å². The summed E-state index contributed by atoms with van der Waals surface area (Å²) in [4.78, 5) is 16.7. The molecule has 0 saturated carbocycles. The molecule has 2 saturated heterocycles. The van der Waals surface area contributed by atoms with Gasteiger partial charge in [-0.15, -0.1) is 0 Å². The van der Waals surface area contributed by atoms with Crippen molar-refractivity contribution in [3.05, 3.63) is 36.5 Å². The molecule has 1 atom stereocenters. The highest BCUT2D eigenvalue weighted by molar-refractivity contribution is 5.96. The first-order valence-corrected chi connectivity index (χ1v) is 7.67. The zero-order valence-electron chi connectivity index (χ0n) is 12.7. The number of carbonyl (C=O) groups excluding carboxylic acids is 1. The van der Waals surface area contributed by atoms with Crippen LogP contribution in [0.15, 0.2) is 35.2 Å². The lowest BCUT2D eigenvalue weighted by Crippen LogP contribution is -2.31. The standard InChI is InChI=1S/C16H20N4O2/c1-18-9-13(8-17-18)20-12-16(7-15(20)21)4-5-19(11-16)10-14-3-2-6-22-14/h2-3,6,8-9H,4-5,7,10-12H2,1H3/t16-/m0/s1. The molecular weight excluding hydrogens is 280 g/mol. The van der Waals surface area contributed by atoms with E-state index >= 15 is 0 Å². The van der Waals surface area contributed by atoms with E-state index in [4.69, 9.17) is 4.42 Å². The van der Waals surface area contributed by atoms with Gasteiger partial charge in [-0.05, 0) is 25.1 Å². The van der Waals surface area contributed by atoms with Gasteiger partial charge in [0.2, 0.25) is 5.91 Å². The van der Waals surface area contributed by atoms with Crippen molar-refractivity contribution >= 4 is 11.6 Å². The first-order valence-electron chi connectivity index (χ1n) is 7.67. The van der Waals surface area contributed by atoms with E-state index in [2.05, 4.69) is 10.00 Å². The summed E-state index contributed by atoms with van der Waals surface area (Å²) >= 11 is 0. The average molecular weight is 300 g/mol. The Bertz CT molecular complexity index is 678. The van der Waals surface area contributed by atoms with Crippen molar-refractivity contribution in [2.45, 2.75) is 19.4 Å². The number of aryl methyl sites for hydroxylation is 1. The zero-order valence-corrected chi connectivity index (χ0v) is 12.7. The van der Waals surface area contributed by atoms with Crippen LogP contribution in [0.2, 0.25) is 0 Å². The van der Waals surface area contributed by atoms with Crippen molar-refractivity contribution in [1.29, 1.82) is 0 Å². The van der Waals surface area contributed by atoms with Gasteiger partial charge < -0.3 is 9.32 Å². The monoisotopic (exact) mass is 300 g/mol. The van der Waals surface area contributed by atoms with Gasteiger partial charge in [-0.3, -0.25) is 14.4 Å². The predicted molar refractivity (Wildman–Crippen MR) is 81.2 cm³/mol. The smallest absolute Gasteiger partial charge is 0.227 e. The Morgan fingerprint density at radius 3 is 3.05 bits per heavy atom. The molecule has 2 aromatic heterocycles. The molecule has 116 valence electrons. The van der Waals surface area contributed by atoms with Crippen LogP contribution >= 0.6 is 0 Å². The normalized spacial score (nSPS) is 25.7. The van der Waals surface area contributed by atoms with Crippen molar-refractivity contribution < 1.29 is 9.21 Å². The first-order chi connectivity index (χ1) is 10.6. The fourth-order valence-corrected chi connectivity index (χ4v) is 3.74. The van der Waals surface area contributed by atoms with Crippen LogP contribution < -0.4 is 4.90 Å². The first kappa shape index (κ1) is 13.6. The van der Waals surface area contributed by atoms with Gasteiger partial charge in [-0.2, -0.15) is 5.10 Å². The Labute approximate surface area is 129 Å². The molecular formula is C16H20N4O2. The number of furan rings is 1. The highest BCUT2D eigenvalue weighted by Gasteiger charge is 2.47. The lowest BCUT2D eigenvalue weighted by molar-refractivity contribution is -0.117. The minimum Gasteiger partial charge on any atom is -0.468 e. The summed E-state index contributed by atoms with van der Waals surface area (Å²) in [6.07, 6.45) is 7.09. The molecule has 1 spiro atoms. The molecule has 0 radical (unpaired) electrons. The van der Waals surface area contributed by atoms with Crippen molar-refractivity contribution in [3.8, 4) is 0 Å². The number of carbonyl (C=O) groups is 1. The highest BCUT2D eigenvalue weighted by atomic mass is 16.3. The van der Waals surface area contributed by atoms with Crippen LogP contribution in [0.1, 0.15) is 18.6 Å². The number of hydrogen-bond donors (Lipinski definition) is 0. The summed E-state index contributed by atoms with van der Waals surface area (Å²) in [5, 5.41) is 4.18. The second-order valence-electron chi connectivity index (χ2n) is 6.57. The Hall–Kier alpha value is -2.08. The van der Waals surface area contributed by atoms with E-state index < -0.39 is 0 Å². The molecule has 2 fully saturated rings. The van der Waals surface area contributed by atoms with E-state index in [1.54, 1.807) is 17.1 Å². The molecule has 22 heavy (non-hydrogen) atoms. The highest BCUT2D eigenvalue weighted by Crippen LogP contribution is 2.42. The van der Waals surface area contributed by atoms with E-state index in [0.29, 0.717) is 6.42 Å². The maximum atomic E-state index is 12.4. The van der Waals surface area contributed by atoms with Crippen molar-refractivity contribution in [3.63, 3.8) is 0 Å². The van der Waals surface area contributed by atoms with Crippen LogP contribution in [0.3, 0.4) is 0 Å². The molecule has 4 heterocycles. The SMILES string of the molecule is Cn1cc(N2C[C@@]3(CCN(Cc4ccco4)C3)CC2=O)cn1. The Balaban J connectivity index is 1.46. The van der Waals surface area contributed by atoms with Gasteiger partial charge in [0.1, 0.15) is 5.76 Å². The number of nitrogens with zero attached hydrogens (tertiary/aromatic N) is 4. The van der Waals surface area contributed by atoms with Gasteiger partial charge in [0, 0.05) is 38.2 Å². The number of anilines is 1. The van der Waals surface area contributed by atoms with Crippen LogP contribution in [-0.4, -0.2) is 40.2 Å². The predicted octanol–water partition coefficient (Wildman–Crippen LogP) is 1.64. The largest absolute Gasteiger partial charge is 0.468 e. The maximum Gasteiger partial charge on any atom is 0.227 e. The van der Waals surface area contributed by atoms with Crippen LogP contribution in [0.4, 0.5) is 5.69 Å². The molecule has 0 bridgehead atoms. The van der Waals surface area contributed by atoms with Gasteiger partial charge in [0.25, 0.3) is 0 Å². The minimum atomic E-state index is 0.0829. The summed E-state index contributed by atoms with van der Waals surface area (Å²) in [6, 6.07) is 3.93. The number of likely N-dealkylation sites (tertiary alicyclic amines) is 1. The van der Waals surface area contributed by atoms with Crippen molar-refractivity contribution in [2.24, 2.45) is 12.5 Å². The Kier molecular flexibility index (Phi) is 3.07. The molecule has 6 heteroatoms. The number of rotatable bonds is 3. The second-order valence-corrected chi connectivity index (χ2v) is 6.57. The van der Waals surface area contributed by atoms with Crippen molar-refractivity contribution in [1.82, 2.24) is 14.7 Å². The quantitative estimate of drug-likeness (QED) is 0.865. The van der Waals surface area contributed by atoms with Crippen LogP contribution in [0, 0.1) is 5.41 Å². The average Bonchev–Trinajstić information content (AvgIpc) is 3.22. The molecule has 0 unspecified atom stereocenters. The van der Waals surface area contributed by atoms with Gasteiger partial charge in [-0.1, -0.05) is 0 Å². The van der Waals surface area contributed by atoms with Crippen LogP contribution in [-0.2, 0) is 18.4 Å². The zero-order chi connectivity index (χ0) is 15.2. The van der Waals surface area contributed by atoms with Crippen molar-refractivity contribution in [2.75, 3.05) is 24.5 Å². The molecule has 2 aliphatic heterocycles. The summed E-state index contributed by atoms with van der Waals surface area (Å²) in [5.41, 5.74) is 0.994. The van der Waals surface area contributed by atoms with E-state index in [9.17, 15) is 4.79 Å². The third-order valence-electron chi connectivity index (χ3n) is 4.80.